The van der Waals surface area contributed by atoms with Gasteiger partial charge in [-0.25, -0.2) is 0 Å². The van der Waals surface area contributed by atoms with Crippen LogP contribution in [0, 0.1) is 6.92 Å². The number of carbonyl (C=O) groups excluding carboxylic acids is 1. The minimum absolute atomic E-state index is 0.0894. The molecule has 0 atom stereocenters. The third kappa shape index (κ3) is 5.00. The molecule has 0 saturated carbocycles. The summed E-state index contributed by atoms with van der Waals surface area (Å²) in [5.41, 5.74) is 2.77. The summed E-state index contributed by atoms with van der Waals surface area (Å²) in [4.78, 5) is 12.0. The molecule has 0 fully saturated rings. The summed E-state index contributed by atoms with van der Waals surface area (Å²) in [5.74, 6) is 0.920. The van der Waals surface area contributed by atoms with E-state index >= 15 is 0 Å². The summed E-state index contributed by atoms with van der Waals surface area (Å²) in [7, 11) is 3.21. The molecule has 122 valence electrons. The summed E-state index contributed by atoms with van der Waals surface area (Å²) in [6.07, 6.45) is 0. The van der Waals surface area contributed by atoms with Gasteiger partial charge >= 0.3 is 0 Å². The number of hydrogen-bond donors (Lipinski definition) is 1. The molecule has 2 aromatic rings. The molecule has 0 heterocycles. The first-order chi connectivity index (χ1) is 11.1. The summed E-state index contributed by atoms with van der Waals surface area (Å²) in [6, 6.07) is 13.1. The maximum atomic E-state index is 12.0. The Balaban J connectivity index is 1.94. The Morgan fingerprint density at radius 1 is 1.09 bits per heavy atom. The van der Waals surface area contributed by atoms with Crippen molar-refractivity contribution in [3.05, 3.63) is 53.6 Å². The Hall–Kier alpha value is -2.53. The van der Waals surface area contributed by atoms with Crippen molar-refractivity contribution >= 4 is 11.6 Å². The number of ether oxygens (including phenoxy) is 3. The van der Waals surface area contributed by atoms with Gasteiger partial charge in [0.1, 0.15) is 0 Å². The van der Waals surface area contributed by atoms with Crippen molar-refractivity contribution in [2.75, 3.05) is 26.1 Å². The van der Waals surface area contributed by atoms with Crippen molar-refractivity contribution in [1.29, 1.82) is 0 Å². The van der Waals surface area contributed by atoms with Crippen molar-refractivity contribution in [2.45, 2.75) is 13.5 Å². The van der Waals surface area contributed by atoms with Crippen LogP contribution in [-0.2, 0) is 16.1 Å². The lowest BCUT2D eigenvalue weighted by atomic mass is 10.2. The molecule has 0 saturated heterocycles. The standard InChI is InChI=1S/C18H21NO4/c1-13-7-8-16(17(9-13)22-3)23-12-18(20)19-15-6-4-5-14(10-15)11-21-2/h4-10H,11-12H2,1-3H3,(H,19,20). The Kier molecular flexibility index (Phi) is 6.00. The maximum absolute atomic E-state index is 12.0. The largest absolute Gasteiger partial charge is 0.493 e. The molecular formula is C18H21NO4. The van der Waals surface area contributed by atoms with Gasteiger partial charge in [0, 0.05) is 12.8 Å². The van der Waals surface area contributed by atoms with Crippen LogP contribution in [0.15, 0.2) is 42.5 Å². The van der Waals surface area contributed by atoms with Gasteiger partial charge in [-0.1, -0.05) is 18.2 Å². The Labute approximate surface area is 136 Å². The van der Waals surface area contributed by atoms with Crippen LogP contribution in [0.5, 0.6) is 11.5 Å². The van der Waals surface area contributed by atoms with Crippen LogP contribution in [0.25, 0.3) is 0 Å². The molecule has 2 rings (SSSR count). The molecule has 0 aromatic heterocycles. The van der Waals surface area contributed by atoms with Gasteiger partial charge in [0.15, 0.2) is 18.1 Å². The number of hydrogen-bond acceptors (Lipinski definition) is 4. The first kappa shape index (κ1) is 16.8. The van der Waals surface area contributed by atoms with Crippen LogP contribution in [0.4, 0.5) is 5.69 Å². The fourth-order valence-corrected chi connectivity index (χ4v) is 2.14. The highest BCUT2D eigenvalue weighted by Crippen LogP contribution is 2.27. The zero-order valence-corrected chi connectivity index (χ0v) is 13.6. The van der Waals surface area contributed by atoms with Gasteiger partial charge in [-0.05, 0) is 42.3 Å². The van der Waals surface area contributed by atoms with Crippen LogP contribution in [0.2, 0.25) is 0 Å². The van der Waals surface area contributed by atoms with E-state index in [0.717, 1.165) is 11.1 Å². The predicted molar refractivity (Wildman–Crippen MR) is 89.0 cm³/mol. The summed E-state index contributed by atoms with van der Waals surface area (Å²) < 4.78 is 15.9. The first-order valence-electron chi connectivity index (χ1n) is 7.27. The topological polar surface area (TPSA) is 56.8 Å². The normalized spacial score (nSPS) is 10.2. The van der Waals surface area contributed by atoms with Crippen LogP contribution in [-0.4, -0.2) is 26.7 Å². The average Bonchev–Trinajstić information content (AvgIpc) is 2.54. The van der Waals surface area contributed by atoms with E-state index < -0.39 is 0 Å². The smallest absolute Gasteiger partial charge is 0.262 e. The molecule has 0 radical (unpaired) electrons. The van der Waals surface area contributed by atoms with Gasteiger partial charge in [0.25, 0.3) is 5.91 Å². The molecule has 0 aliphatic heterocycles. The van der Waals surface area contributed by atoms with Gasteiger partial charge in [-0.2, -0.15) is 0 Å². The number of nitrogens with one attached hydrogen (secondary N) is 1. The van der Waals surface area contributed by atoms with Gasteiger partial charge in [0.05, 0.1) is 13.7 Å². The zero-order chi connectivity index (χ0) is 16.7. The van der Waals surface area contributed by atoms with E-state index in [-0.39, 0.29) is 12.5 Å². The fourth-order valence-electron chi connectivity index (χ4n) is 2.14. The highest BCUT2D eigenvalue weighted by atomic mass is 16.5. The molecule has 5 nitrogen and oxygen atoms in total. The molecule has 23 heavy (non-hydrogen) atoms. The quantitative estimate of drug-likeness (QED) is 0.852. The molecule has 0 spiro atoms. The second kappa shape index (κ2) is 8.19. The lowest BCUT2D eigenvalue weighted by molar-refractivity contribution is -0.118. The second-order valence-corrected chi connectivity index (χ2v) is 5.12. The van der Waals surface area contributed by atoms with E-state index in [1.54, 1.807) is 20.3 Å². The SMILES string of the molecule is COCc1cccc(NC(=O)COc2ccc(C)cc2OC)c1. The molecule has 0 unspecified atom stereocenters. The van der Waals surface area contributed by atoms with Gasteiger partial charge in [0.2, 0.25) is 0 Å². The zero-order valence-electron chi connectivity index (χ0n) is 13.6. The molecule has 1 amide bonds. The third-order valence-electron chi connectivity index (χ3n) is 3.20. The van der Waals surface area contributed by atoms with E-state index in [2.05, 4.69) is 5.32 Å². The number of anilines is 1. The number of rotatable bonds is 7. The number of aryl methyl sites for hydroxylation is 1. The van der Waals surface area contributed by atoms with Crippen LogP contribution >= 0.6 is 0 Å². The summed E-state index contributed by atoms with van der Waals surface area (Å²) >= 11 is 0. The number of methoxy groups -OCH3 is 2. The Bertz CT molecular complexity index is 670. The van der Waals surface area contributed by atoms with Crippen LogP contribution in [0.1, 0.15) is 11.1 Å². The molecule has 0 bridgehead atoms. The van der Waals surface area contributed by atoms with Crippen molar-refractivity contribution in [3.8, 4) is 11.5 Å². The molecule has 0 aliphatic carbocycles. The van der Waals surface area contributed by atoms with Gasteiger partial charge in [-0.15, -0.1) is 0 Å². The van der Waals surface area contributed by atoms with E-state index in [1.807, 2.05) is 43.3 Å². The minimum Gasteiger partial charge on any atom is -0.493 e. The lowest BCUT2D eigenvalue weighted by Crippen LogP contribution is -2.20. The van der Waals surface area contributed by atoms with Crippen molar-refractivity contribution < 1.29 is 19.0 Å². The number of benzene rings is 2. The highest BCUT2D eigenvalue weighted by molar-refractivity contribution is 5.91. The van der Waals surface area contributed by atoms with E-state index in [4.69, 9.17) is 14.2 Å². The van der Waals surface area contributed by atoms with Crippen molar-refractivity contribution in [3.63, 3.8) is 0 Å². The molecule has 2 aromatic carbocycles. The molecular weight excluding hydrogens is 294 g/mol. The van der Waals surface area contributed by atoms with Crippen LogP contribution < -0.4 is 14.8 Å². The summed E-state index contributed by atoms with van der Waals surface area (Å²) in [6.45, 7) is 2.38. The average molecular weight is 315 g/mol. The van der Waals surface area contributed by atoms with E-state index in [0.29, 0.717) is 23.8 Å². The minimum atomic E-state index is -0.234. The third-order valence-corrected chi connectivity index (χ3v) is 3.20. The van der Waals surface area contributed by atoms with Gasteiger partial charge in [-0.3, -0.25) is 4.79 Å². The first-order valence-corrected chi connectivity index (χ1v) is 7.27. The molecule has 5 heteroatoms. The highest BCUT2D eigenvalue weighted by Gasteiger charge is 2.08. The van der Waals surface area contributed by atoms with Gasteiger partial charge < -0.3 is 19.5 Å². The lowest BCUT2D eigenvalue weighted by Gasteiger charge is -2.12. The fraction of sp³-hybridized carbons (Fsp3) is 0.278. The van der Waals surface area contributed by atoms with E-state index in [1.165, 1.54) is 0 Å². The Morgan fingerprint density at radius 2 is 1.91 bits per heavy atom. The molecule has 0 aliphatic rings. The monoisotopic (exact) mass is 315 g/mol. The molecule has 1 N–H and O–H groups in total. The maximum Gasteiger partial charge on any atom is 0.262 e. The predicted octanol–water partition coefficient (Wildman–Crippen LogP) is 3.17. The van der Waals surface area contributed by atoms with Crippen LogP contribution in [0.3, 0.4) is 0 Å². The van der Waals surface area contributed by atoms with E-state index in [9.17, 15) is 4.79 Å². The number of amides is 1. The number of carbonyl (C=O) groups is 1. The second-order valence-electron chi connectivity index (χ2n) is 5.12. The Morgan fingerprint density at radius 3 is 2.65 bits per heavy atom. The van der Waals surface area contributed by atoms with Crippen molar-refractivity contribution in [1.82, 2.24) is 0 Å². The summed E-state index contributed by atoms with van der Waals surface area (Å²) in [5, 5.41) is 2.80. The van der Waals surface area contributed by atoms with Crippen molar-refractivity contribution in [2.24, 2.45) is 0 Å².